The number of aryl methyl sites for hydroxylation is 1. The monoisotopic (exact) mass is 219 g/mol. The van der Waals surface area contributed by atoms with Gasteiger partial charge >= 0.3 is 0 Å². The zero-order chi connectivity index (χ0) is 11.4. The third-order valence-electron chi connectivity index (χ3n) is 2.26. The largest absolute Gasteiger partial charge is 0.396 e. The Hall–Kier alpha value is -1.95. The molecule has 0 aliphatic carbocycles. The summed E-state index contributed by atoms with van der Waals surface area (Å²) in [6.07, 6.45) is 7.86. The standard InChI is InChI=1S/C10H13N5O/c11-10-8(2-1-5-16)6-14-15(10)9-7-12-3-4-13-9/h3-4,6-7,16H,1-2,5,11H2. The molecule has 0 aromatic carbocycles. The molecule has 3 N–H and O–H groups in total. The Morgan fingerprint density at radius 3 is 2.88 bits per heavy atom. The number of rotatable bonds is 4. The van der Waals surface area contributed by atoms with Crippen LogP contribution in [0.2, 0.25) is 0 Å². The van der Waals surface area contributed by atoms with E-state index in [1.165, 1.54) is 0 Å². The quantitative estimate of drug-likeness (QED) is 0.765. The van der Waals surface area contributed by atoms with E-state index in [0.717, 1.165) is 5.56 Å². The van der Waals surface area contributed by atoms with Crippen molar-refractivity contribution in [3.63, 3.8) is 0 Å². The Labute approximate surface area is 92.8 Å². The number of anilines is 1. The van der Waals surface area contributed by atoms with Gasteiger partial charge in [-0.3, -0.25) is 4.98 Å². The Balaban J connectivity index is 2.27. The summed E-state index contributed by atoms with van der Waals surface area (Å²) in [6, 6.07) is 0. The van der Waals surface area contributed by atoms with Gasteiger partial charge in [0.15, 0.2) is 5.82 Å². The first-order valence-corrected chi connectivity index (χ1v) is 5.02. The predicted molar refractivity (Wildman–Crippen MR) is 59.0 cm³/mol. The molecular formula is C10H13N5O. The number of aliphatic hydroxyl groups is 1. The molecule has 2 aromatic rings. The van der Waals surface area contributed by atoms with Gasteiger partial charge < -0.3 is 10.8 Å². The van der Waals surface area contributed by atoms with Crippen LogP contribution in [0.4, 0.5) is 5.82 Å². The normalized spacial score (nSPS) is 10.6. The molecular weight excluding hydrogens is 206 g/mol. The lowest BCUT2D eigenvalue weighted by atomic mass is 10.2. The molecule has 0 bridgehead atoms. The fourth-order valence-corrected chi connectivity index (χ4v) is 1.44. The van der Waals surface area contributed by atoms with Crippen molar-refractivity contribution in [2.24, 2.45) is 0 Å². The van der Waals surface area contributed by atoms with Gasteiger partial charge in [-0.2, -0.15) is 9.78 Å². The van der Waals surface area contributed by atoms with Crippen molar-refractivity contribution in [3.05, 3.63) is 30.4 Å². The lowest BCUT2D eigenvalue weighted by Gasteiger charge is -2.02. The van der Waals surface area contributed by atoms with Crippen LogP contribution in [0.25, 0.3) is 5.82 Å². The van der Waals surface area contributed by atoms with Crippen molar-refractivity contribution in [2.75, 3.05) is 12.3 Å². The van der Waals surface area contributed by atoms with E-state index in [1.54, 1.807) is 29.5 Å². The van der Waals surface area contributed by atoms with Crippen molar-refractivity contribution in [1.29, 1.82) is 0 Å². The number of hydrogen-bond donors (Lipinski definition) is 2. The smallest absolute Gasteiger partial charge is 0.174 e. The number of nitrogen functional groups attached to an aromatic ring is 1. The van der Waals surface area contributed by atoms with Gasteiger partial charge in [-0.05, 0) is 12.8 Å². The molecule has 2 aromatic heterocycles. The predicted octanol–water partition coefficient (Wildman–Crippen LogP) is 0.169. The van der Waals surface area contributed by atoms with Gasteiger partial charge in [0.25, 0.3) is 0 Å². The number of nitrogens with two attached hydrogens (primary N) is 1. The van der Waals surface area contributed by atoms with Crippen LogP contribution in [0.5, 0.6) is 0 Å². The van der Waals surface area contributed by atoms with Crippen LogP contribution in [-0.4, -0.2) is 31.5 Å². The molecule has 16 heavy (non-hydrogen) atoms. The SMILES string of the molecule is Nc1c(CCCO)cnn1-c1cnccn1. The highest BCUT2D eigenvalue weighted by Gasteiger charge is 2.09. The zero-order valence-electron chi connectivity index (χ0n) is 8.74. The van der Waals surface area contributed by atoms with Crippen LogP contribution in [0.15, 0.2) is 24.8 Å². The van der Waals surface area contributed by atoms with E-state index in [9.17, 15) is 0 Å². The Kier molecular flexibility index (Phi) is 3.11. The molecule has 2 heterocycles. The van der Waals surface area contributed by atoms with E-state index in [0.29, 0.717) is 24.5 Å². The molecule has 6 nitrogen and oxygen atoms in total. The van der Waals surface area contributed by atoms with Gasteiger partial charge in [0, 0.05) is 24.6 Å². The first kappa shape index (κ1) is 10.6. The number of nitrogens with zero attached hydrogens (tertiary/aromatic N) is 4. The molecule has 0 saturated heterocycles. The molecule has 0 amide bonds. The maximum atomic E-state index is 8.75. The van der Waals surface area contributed by atoms with Crippen LogP contribution in [0.3, 0.4) is 0 Å². The number of aliphatic hydroxyl groups excluding tert-OH is 1. The maximum absolute atomic E-state index is 8.75. The number of hydrogen-bond acceptors (Lipinski definition) is 5. The summed E-state index contributed by atoms with van der Waals surface area (Å²) in [4.78, 5) is 8.07. The van der Waals surface area contributed by atoms with Crippen molar-refractivity contribution in [2.45, 2.75) is 12.8 Å². The third kappa shape index (κ3) is 2.01. The molecule has 0 radical (unpaired) electrons. The van der Waals surface area contributed by atoms with Gasteiger partial charge in [0.05, 0.1) is 12.4 Å². The molecule has 2 rings (SSSR count). The Bertz CT molecular complexity index is 453. The summed E-state index contributed by atoms with van der Waals surface area (Å²) < 4.78 is 1.54. The van der Waals surface area contributed by atoms with Crippen LogP contribution in [-0.2, 0) is 6.42 Å². The van der Waals surface area contributed by atoms with Gasteiger partial charge in [-0.1, -0.05) is 0 Å². The molecule has 6 heteroatoms. The van der Waals surface area contributed by atoms with Crippen LogP contribution in [0, 0.1) is 0 Å². The fourth-order valence-electron chi connectivity index (χ4n) is 1.44. The second-order valence-corrected chi connectivity index (χ2v) is 3.36. The summed E-state index contributed by atoms with van der Waals surface area (Å²) in [6.45, 7) is 0.149. The highest BCUT2D eigenvalue weighted by atomic mass is 16.2. The van der Waals surface area contributed by atoms with Gasteiger partial charge in [-0.25, -0.2) is 4.98 Å². The lowest BCUT2D eigenvalue weighted by molar-refractivity contribution is 0.288. The Morgan fingerprint density at radius 1 is 1.31 bits per heavy atom. The first-order chi connectivity index (χ1) is 7.83. The molecule has 0 saturated carbocycles. The maximum Gasteiger partial charge on any atom is 0.174 e. The molecule has 0 atom stereocenters. The summed E-state index contributed by atoms with van der Waals surface area (Å²) in [5.74, 6) is 1.14. The van der Waals surface area contributed by atoms with Gasteiger partial charge in [-0.15, -0.1) is 0 Å². The minimum absolute atomic E-state index is 0.149. The van der Waals surface area contributed by atoms with Gasteiger partial charge in [0.2, 0.25) is 0 Å². The van der Waals surface area contributed by atoms with Crippen molar-refractivity contribution in [1.82, 2.24) is 19.7 Å². The van der Waals surface area contributed by atoms with Crippen molar-refractivity contribution in [3.8, 4) is 5.82 Å². The van der Waals surface area contributed by atoms with E-state index < -0.39 is 0 Å². The molecule has 0 unspecified atom stereocenters. The van der Waals surface area contributed by atoms with Gasteiger partial charge in [0.1, 0.15) is 5.82 Å². The summed E-state index contributed by atoms with van der Waals surface area (Å²) in [5, 5.41) is 12.9. The summed E-state index contributed by atoms with van der Waals surface area (Å²) in [7, 11) is 0. The second-order valence-electron chi connectivity index (χ2n) is 3.36. The summed E-state index contributed by atoms with van der Waals surface area (Å²) >= 11 is 0. The average Bonchev–Trinajstić information content (AvgIpc) is 2.69. The van der Waals surface area contributed by atoms with E-state index in [-0.39, 0.29) is 6.61 Å². The molecule has 0 spiro atoms. The molecule has 84 valence electrons. The first-order valence-electron chi connectivity index (χ1n) is 5.02. The topological polar surface area (TPSA) is 89.8 Å². The van der Waals surface area contributed by atoms with E-state index in [4.69, 9.17) is 10.8 Å². The van der Waals surface area contributed by atoms with Crippen molar-refractivity contribution >= 4 is 5.82 Å². The van der Waals surface area contributed by atoms with E-state index >= 15 is 0 Å². The van der Waals surface area contributed by atoms with Crippen molar-refractivity contribution < 1.29 is 5.11 Å². The summed E-state index contributed by atoms with van der Waals surface area (Å²) in [5.41, 5.74) is 6.84. The second kappa shape index (κ2) is 4.71. The van der Waals surface area contributed by atoms with E-state index in [1.807, 2.05) is 0 Å². The van der Waals surface area contributed by atoms with Crippen LogP contribution >= 0.6 is 0 Å². The lowest BCUT2D eigenvalue weighted by Crippen LogP contribution is -2.05. The van der Waals surface area contributed by atoms with Crippen LogP contribution < -0.4 is 5.73 Å². The molecule has 0 fully saturated rings. The molecule has 0 aliphatic rings. The molecule has 0 aliphatic heterocycles. The highest BCUT2D eigenvalue weighted by molar-refractivity contribution is 5.43. The minimum atomic E-state index is 0.149. The van der Waals surface area contributed by atoms with E-state index in [2.05, 4.69) is 15.1 Å². The van der Waals surface area contributed by atoms with Crippen LogP contribution in [0.1, 0.15) is 12.0 Å². The minimum Gasteiger partial charge on any atom is -0.396 e. The number of aromatic nitrogens is 4. The zero-order valence-corrected chi connectivity index (χ0v) is 8.74. The fraction of sp³-hybridized carbons (Fsp3) is 0.300. The Morgan fingerprint density at radius 2 is 2.19 bits per heavy atom. The average molecular weight is 219 g/mol. The highest BCUT2D eigenvalue weighted by Crippen LogP contribution is 2.16. The third-order valence-corrected chi connectivity index (χ3v) is 2.26.